The summed E-state index contributed by atoms with van der Waals surface area (Å²) < 4.78 is 0. The van der Waals surface area contributed by atoms with Crippen molar-refractivity contribution in [2.45, 2.75) is 44.8 Å². The Morgan fingerprint density at radius 1 is 1.13 bits per heavy atom. The number of aliphatic hydroxyl groups is 2. The smallest absolute Gasteiger partial charge is 0.190 e. The fourth-order valence-electron chi connectivity index (χ4n) is 5.78. The lowest BCUT2D eigenvalue weighted by molar-refractivity contribution is -0.189. The third-order valence-electron chi connectivity index (χ3n) is 7.18. The first kappa shape index (κ1) is 20.6. The van der Waals surface area contributed by atoms with Crippen molar-refractivity contribution >= 4 is 28.9 Å². The molecule has 1 aromatic carbocycles. The number of phenols is 1. The topological polar surface area (TPSA) is 146 Å². The second-order valence-corrected chi connectivity index (χ2v) is 8.70. The van der Waals surface area contributed by atoms with Gasteiger partial charge in [0.2, 0.25) is 0 Å². The van der Waals surface area contributed by atoms with Crippen LogP contribution in [-0.2, 0) is 19.2 Å². The minimum Gasteiger partial charge on any atom is -0.507 e. The molecule has 2 saturated carbocycles. The van der Waals surface area contributed by atoms with E-state index in [2.05, 4.69) is 0 Å². The molecule has 3 aliphatic rings. The van der Waals surface area contributed by atoms with E-state index in [4.69, 9.17) is 0 Å². The van der Waals surface area contributed by atoms with Crippen molar-refractivity contribution in [3.05, 3.63) is 28.8 Å². The quantitative estimate of drug-likeness (QED) is 0.555. The minimum atomic E-state index is -2.81. The second kappa shape index (κ2) is 6.39. The van der Waals surface area contributed by atoms with E-state index in [1.165, 1.54) is 6.07 Å². The highest BCUT2D eigenvalue weighted by atomic mass is 16.3. The molecule has 30 heavy (non-hydrogen) atoms. The zero-order valence-corrected chi connectivity index (χ0v) is 16.7. The van der Waals surface area contributed by atoms with Crippen LogP contribution >= 0.6 is 0 Å². The van der Waals surface area contributed by atoms with Crippen LogP contribution in [0.1, 0.15) is 47.7 Å². The average Bonchev–Trinajstić information content (AvgIpc) is 2.66. The number of hydrogen-bond donors (Lipinski definition) is 3. The molecular formula is C22H22O8. The highest BCUT2D eigenvalue weighted by Crippen LogP contribution is 2.54. The van der Waals surface area contributed by atoms with Crippen molar-refractivity contribution in [2.75, 3.05) is 0 Å². The summed E-state index contributed by atoms with van der Waals surface area (Å²) in [5, 5.41) is 32.6. The van der Waals surface area contributed by atoms with Crippen LogP contribution in [-0.4, -0.2) is 55.9 Å². The number of carbonyl (C=O) groups excluding carboxylic acids is 5. The van der Waals surface area contributed by atoms with Crippen molar-refractivity contribution in [1.29, 1.82) is 0 Å². The van der Waals surface area contributed by atoms with Crippen molar-refractivity contribution in [2.24, 2.45) is 23.7 Å². The van der Waals surface area contributed by atoms with Gasteiger partial charge in [-0.25, -0.2) is 0 Å². The summed E-state index contributed by atoms with van der Waals surface area (Å²) in [6.07, 6.45) is -2.03. The summed E-state index contributed by atoms with van der Waals surface area (Å²) in [4.78, 5) is 63.9. The Kier molecular flexibility index (Phi) is 4.38. The molecule has 0 saturated heterocycles. The molecular weight excluding hydrogens is 392 g/mol. The highest BCUT2D eigenvalue weighted by Gasteiger charge is 2.69. The van der Waals surface area contributed by atoms with E-state index in [1.807, 2.05) is 0 Å². The fraction of sp³-hybridized carbons (Fsp3) is 0.500. The Morgan fingerprint density at radius 3 is 2.37 bits per heavy atom. The molecule has 2 unspecified atom stereocenters. The first-order valence-electron chi connectivity index (χ1n) is 9.83. The Morgan fingerprint density at radius 2 is 1.77 bits per heavy atom. The van der Waals surface area contributed by atoms with Crippen LogP contribution in [0.2, 0.25) is 0 Å². The molecule has 8 heteroatoms. The van der Waals surface area contributed by atoms with Gasteiger partial charge in [0, 0.05) is 18.3 Å². The first-order chi connectivity index (χ1) is 13.9. The van der Waals surface area contributed by atoms with Crippen LogP contribution in [0.4, 0.5) is 0 Å². The van der Waals surface area contributed by atoms with Crippen molar-refractivity contribution in [3.8, 4) is 5.75 Å². The molecule has 3 N–H and O–H groups in total. The van der Waals surface area contributed by atoms with Gasteiger partial charge in [-0.05, 0) is 37.0 Å². The number of benzene rings is 1. The number of carbonyl (C=O) groups is 5. The zero-order valence-electron chi connectivity index (χ0n) is 16.7. The maximum Gasteiger partial charge on any atom is 0.190 e. The van der Waals surface area contributed by atoms with E-state index in [0.717, 1.165) is 6.92 Å². The number of rotatable bonds is 1. The molecule has 2 fully saturated rings. The number of ketones is 5. The number of aliphatic hydroxyl groups excluding tert-OH is 1. The number of aryl methyl sites for hydroxylation is 1. The Hall–Kier alpha value is -2.71. The lowest BCUT2D eigenvalue weighted by Gasteiger charge is -2.53. The third-order valence-corrected chi connectivity index (χ3v) is 7.18. The van der Waals surface area contributed by atoms with E-state index in [9.17, 15) is 39.3 Å². The molecule has 158 valence electrons. The van der Waals surface area contributed by atoms with Gasteiger partial charge in [-0.15, -0.1) is 0 Å². The number of hydrogen-bond acceptors (Lipinski definition) is 8. The number of Topliss-reactive ketones (excluding diaryl/α,β-unsaturated/α-hetero) is 5. The Balaban J connectivity index is 1.92. The van der Waals surface area contributed by atoms with Crippen LogP contribution in [0.25, 0.3) is 0 Å². The summed E-state index contributed by atoms with van der Waals surface area (Å²) in [5.41, 5.74) is -1.69. The monoisotopic (exact) mass is 414 g/mol. The largest absolute Gasteiger partial charge is 0.507 e. The predicted molar refractivity (Wildman–Crippen MR) is 101 cm³/mol. The lowest BCUT2D eigenvalue weighted by Crippen LogP contribution is -2.72. The van der Waals surface area contributed by atoms with Gasteiger partial charge in [-0.3, -0.25) is 24.0 Å². The zero-order chi connectivity index (χ0) is 22.3. The predicted octanol–water partition coefficient (Wildman–Crippen LogP) is 0.271. The molecule has 8 nitrogen and oxygen atoms in total. The van der Waals surface area contributed by atoms with E-state index in [0.29, 0.717) is 11.1 Å². The summed E-state index contributed by atoms with van der Waals surface area (Å²) in [5.74, 6) is -11.4. The number of fused-ring (bicyclic) bond motifs is 3. The van der Waals surface area contributed by atoms with Gasteiger partial charge in [-0.1, -0.05) is 13.0 Å². The Labute approximate surface area is 171 Å². The molecule has 0 amide bonds. The standard InChI is InChI=1S/C22H22O8/c1-7-4-5-11(24)16-13(7)8(2)14-17(19(16)27)21(29)22(30)10(18(14)26)6-12(25)15(9(3)23)20(22)28/h4-5,8,10,14-15,17-18,24,26,30H,6H2,1-3H3/t8-,10+,14+,15?,17?,18+,22+/m0/s1. The summed E-state index contributed by atoms with van der Waals surface area (Å²) in [6.45, 7) is 4.45. The molecule has 0 spiro atoms. The van der Waals surface area contributed by atoms with Gasteiger partial charge in [-0.2, -0.15) is 0 Å². The van der Waals surface area contributed by atoms with Gasteiger partial charge in [0.05, 0.1) is 17.6 Å². The molecule has 0 heterocycles. The summed E-state index contributed by atoms with van der Waals surface area (Å²) >= 11 is 0. The average molecular weight is 414 g/mol. The molecule has 0 radical (unpaired) electrons. The van der Waals surface area contributed by atoms with Gasteiger partial charge < -0.3 is 15.3 Å². The van der Waals surface area contributed by atoms with Crippen LogP contribution in [0.5, 0.6) is 5.75 Å². The maximum atomic E-state index is 13.4. The van der Waals surface area contributed by atoms with Gasteiger partial charge >= 0.3 is 0 Å². The summed E-state index contributed by atoms with van der Waals surface area (Å²) in [6, 6.07) is 2.95. The normalized spacial score (nSPS) is 38.0. The van der Waals surface area contributed by atoms with Gasteiger partial charge in [0.1, 0.15) is 17.5 Å². The third kappa shape index (κ3) is 2.31. The number of aromatic hydroxyl groups is 1. The Bertz CT molecular complexity index is 1040. The fourth-order valence-corrected chi connectivity index (χ4v) is 5.78. The molecule has 3 aliphatic carbocycles. The van der Waals surface area contributed by atoms with Crippen molar-refractivity contribution in [3.63, 3.8) is 0 Å². The van der Waals surface area contributed by atoms with Crippen LogP contribution in [0.3, 0.4) is 0 Å². The first-order valence-corrected chi connectivity index (χ1v) is 9.83. The molecule has 0 aromatic heterocycles. The van der Waals surface area contributed by atoms with Crippen LogP contribution in [0, 0.1) is 30.6 Å². The van der Waals surface area contributed by atoms with E-state index < -0.39 is 76.6 Å². The lowest BCUT2D eigenvalue weighted by atomic mass is 9.50. The highest BCUT2D eigenvalue weighted by molar-refractivity contribution is 6.31. The molecule has 1 aromatic rings. The summed E-state index contributed by atoms with van der Waals surface area (Å²) in [7, 11) is 0. The van der Waals surface area contributed by atoms with Crippen molar-refractivity contribution < 1.29 is 39.3 Å². The maximum absolute atomic E-state index is 13.4. The van der Waals surface area contributed by atoms with Crippen molar-refractivity contribution in [1.82, 2.24) is 0 Å². The van der Waals surface area contributed by atoms with E-state index >= 15 is 0 Å². The second-order valence-electron chi connectivity index (χ2n) is 8.70. The van der Waals surface area contributed by atoms with Gasteiger partial charge in [0.15, 0.2) is 28.7 Å². The van der Waals surface area contributed by atoms with Gasteiger partial charge in [0.25, 0.3) is 0 Å². The van der Waals surface area contributed by atoms with Crippen LogP contribution in [0.15, 0.2) is 12.1 Å². The van der Waals surface area contributed by atoms with Crippen LogP contribution < -0.4 is 0 Å². The molecule has 7 atom stereocenters. The van der Waals surface area contributed by atoms with E-state index in [1.54, 1.807) is 19.9 Å². The number of phenolic OH excluding ortho intramolecular Hbond substituents is 1. The SMILES string of the molecule is CC(=O)C1C(=O)C[C@@H]2[C@@H](O)[C@H]3C(C(=O)c4c(O)ccc(C)c4[C@@H]3C)C(=O)[C@]2(O)C1=O. The molecule has 0 bridgehead atoms. The van der Waals surface area contributed by atoms with E-state index in [-0.39, 0.29) is 11.3 Å². The minimum absolute atomic E-state index is 0.0613. The molecule has 0 aliphatic heterocycles. The molecule has 4 rings (SSSR count).